The van der Waals surface area contributed by atoms with Crippen molar-refractivity contribution in [1.82, 2.24) is 4.98 Å². The minimum atomic E-state index is 0.341. The summed E-state index contributed by atoms with van der Waals surface area (Å²) in [5.74, 6) is 0.341. The summed E-state index contributed by atoms with van der Waals surface area (Å²) in [7, 11) is 0. The number of benzene rings is 1. The number of H-pyrrole nitrogens is 1. The Morgan fingerprint density at radius 3 is 2.80 bits per heavy atom. The predicted octanol–water partition coefficient (Wildman–Crippen LogP) is 3.19. The van der Waals surface area contributed by atoms with Crippen LogP contribution >= 0.6 is 11.6 Å². The first-order valence-corrected chi connectivity index (χ1v) is 5.49. The quantitative estimate of drug-likeness (QED) is 0.805. The standard InChI is InChI=1S/C12H15ClN2/c1-7-3-4-10(13)9-5-11(8(2)6-14)15-12(7)9/h3-5,8,15H,6,14H2,1-2H3. The summed E-state index contributed by atoms with van der Waals surface area (Å²) >= 11 is 6.14. The average Bonchev–Trinajstić information content (AvgIpc) is 2.68. The van der Waals surface area contributed by atoms with Crippen molar-refractivity contribution >= 4 is 22.5 Å². The van der Waals surface area contributed by atoms with Crippen molar-refractivity contribution in [2.24, 2.45) is 5.73 Å². The molecule has 0 aliphatic heterocycles. The van der Waals surface area contributed by atoms with Crippen molar-refractivity contribution < 1.29 is 0 Å². The van der Waals surface area contributed by atoms with Gasteiger partial charge in [-0.05, 0) is 24.6 Å². The molecule has 0 bridgehead atoms. The normalized spacial score (nSPS) is 13.3. The van der Waals surface area contributed by atoms with E-state index < -0.39 is 0 Å². The van der Waals surface area contributed by atoms with Gasteiger partial charge in [0.1, 0.15) is 0 Å². The van der Waals surface area contributed by atoms with E-state index >= 15 is 0 Å². The topological polar surface area (TPSA) is 41.8 Å². The van der Waals surface area contributed by atoms with Gasteiger partial charge in [-0.15, -0.1) is 0 Å². The van der Waals surface area contributed by atoms with Crippen LogP contribution in [0.1, 0.15) is 24.1 Å². The van der Waals surface area contributed by atoms with Gasteiger partial charge in [0.25, 0.3) is 0 Å². The van der Waals surface area contributed by atoms with E-state index in [-0.39, 0.29) is 0 Å². The molecule has 1 atom stereocenters. The second-order valence-corrected chi connectivity index (χ2v) is 4.42. The first kappa shape index (κ1) is 10.5. The lowest BCUT2D eigenvalue weighted by atomic mass is 10.1. The predicted molar refractivity (Wildman–Crippen MR) is 65.5 cm³/mol. The van der Waals surface area contributed by atoms with Crippen LogP contribution in [0.15, 0.2) is 18.2 Å². The van der Waals surface area contributed by atoms with Crippen molar-refractivity contribution in [2.75, 3.05) is 6.54 Å². The number of halogens is 1. The van der Waals surface area contributed by atoms with Crippen molar-refractivity contribution in [1.29, 1.82) is 0 Å². The molecular weight excluding hydrogens is 208 g/mol. The smallest absolute Gasteiger partial charge is 0.0500 e. The lowest BCUT2D eigenvalue weighted by Gasteiger charge is -2.03. The Morgan fingerprint density at radius 1 is 1.47 bits per heavy atom. The van der Waals surface area contributed by atoms with Crippen LogP contribution < -0.4 is 5.73 Å². The molecule has 0 radical (unpaired) electrons. The Bertz CT molecular complexity index is 449. The Morgan fingerprint density at radius 2 is 2.20 bits per heavy atom. The van der Waals surface area contributed by atoms with Gasteiger partial charge < -0.3 is 10.7 Å². The van der Waals surface area contributed by atoms with Gasteiger partial charge in [-0.1, -0.05) is 24.6 Å². The lowest BCUT2D eigenvalue weighted by molar-refractivity contribution is 0.754. The van der Waals surface area contributed by atoms with Gasteiger partial charge >= 0.3 is 0 Å². The first-order chi connectivity index (χ1) is 7.13. The number of aromatic amines is 1. The molecule has 0 amide bonds. The molecule has 2 aromatic rings. The largest absolute Gasteiger partial charge is 0.358 e. The van der Waals surface area contributed by atoms with E-state index in [1.54, 1.807) is 0 Å². The molecule has 1 aromatic heterocycles. The van der Waals surface area contributed by atoms with Crippen LogP contribution in [-0.4, -0.2) is 11.5 Å². The minimum Gasteiger partial charge on any atom is -0.358 e. The van der Waals surface area contributed by atoms with Gasteiger partial charge in [0.2, 0.25) is 0 Å². The van der Waals surface area contributed by atoms with Crippen LogP contribution in [-0.2, 0) is 0 Å². The molecule has 0 aliphatic carbocycles. The Kier molecular flexibility index (Phi) is 2.72. The summed E-state index contributed by atoms with van der Waals surface area (Å²) in [5.41, 5.74) is 9.14. The maximum Gasteiger partial charge on any atom is 0.0500 e. The van der Waals surface area contributed by atoms with Gasteiger partial charge in [-0.2, -0.15) is 0 Å². The molecule has 1 heterocycles. The van der Waals surface area contributed by atoms with Gasteiger partial charge in [0, 0.05) is 28.6 Å². The van der Waals surface area contributed by atoms with E-state index in [1.807, 2.05) is 12.1 Å². The van der Waals surface area contributed by atoms with Crippen LogP contribution in [0.3, 0.4) is 0 Å². The number of fused-ring (bicyclic) bond motifs is 1. The van der Waals surface area contributed by atoms with Crippen LogP contribution in [0.5, 0.6) is 0 Å². The maximum absolute atomic E-state index is 6.14. The number of hydrogen-bond acceptors (Lipinski definition) is 1. The van der Waals surface area contributed by atoms with Crippen LogP contribution in [0, 0.1) is 6.92 Å². The molecule has 1 unspecified atom stereocenters. The second-order valence-electron chi connectivity index (χ2n) is 4.01. The number of hydrogen-bond donors (Lipinski definition) is 2. The first-order valence-electron chi connectivity index (χ1n) is 5.11. The van der Waals surface area contributed by atoms with Crippen molar-refractivity contribution in [2.45, 2.75) is 19.8 Å². The number of aryl methyl sites for hydroxylation is 1. The number of nitrogens with one attached hydrogen (secondary N) is 1. The van der Waals surface area contributed by atoms with Gasteiger partial charge in [-0.25, -0.2) is 0 Å². The minimum absolute atomic E-state index is 0.341. The monoisotopic (exact) mass is 222 g/mol. The fraction of sp³-hybridized carbons (Fsp3) is 0.333. The molecule has 15 heavy (non-hydrogen) atoms. The van der Waals surface area contributed by atoms with E-state index in [0.717, 1.165) is 21.6 Å². The third kappa shape index (κ3) is 1.75. The van der Waals surface area contributed by atoms with E-state index in [9.17, 15) is 0 Å². The van der Waals surface area contributed by atoms with E-state index in [2.05, 4.69) is 24.9 Å². The highest BCUT2D eigenvalue weighted by molar-refractivity contribution is 6.35. The molecule has 0 aliphatic rings. The number of nitrogens with two attached hydrogens (primary N) is 1. The van der Waals surface area contributed by atoms with E-state index in [1.165, 1.54) is 5.56 Å². The number of aromatic nitrogens is 1. The van der Waals surface area contributed by atoms with Crippen LogP contribution in [0.2, 0.25) is 5.02 Å². The van der Waals surface area contributed by atoms with Crippen molar-refractivity contribution in [3.8, 4) is 0 Å². The second kappa shape index (κ2) is 3.87. The molecule has 2 rings (SSSR count). The highest BCUT2D eigenvalue weighted by atomic mass is 35.5. The summed E-state index contributed by atoms with van der Waals surface area (Å²) in [6, 6.07) is 6.06. The highest BCUT2D eigenvalue weighted by Gasteiger charge is 2.10. The molecule has 1 aromatic carbocycles. The zero-order chi connectivity index (χ0) is 11.0. The molecular formula is C12H15ClN2. The van der Waals surface area contributed by atoms with Crippen LogP contribution in [0.4, 0.5) is 0 Å². The molecule has 3 N–H and O–H groups in total. The highest BCUT2D eigenvalue weighted by Crippen LogP contribution is 2.29. The SMILES string of the molecule is Cc1ccc(Cl)c2cc(C(C)CN)[nH]c12. The van der Waals surface area contributed by atoms with Gasteiger partial charge in [0.05, 0.1) is 5.52 Å². The fourth-order valence-corrected chi connectivity index (χ4v) is 1.95. The van der Waals surface area contributed by atoms with Gasteiger partial charge in [0.15, 0.2) is 0 Å². The zero-order valence-corrected chi connectivity index (χ0v) is 9.73. The molecule has 2 nitrogen and oxygen atoms in total. The summed E-state index contributed by atoms with van der Waals surface area (Å²) in [5, 5.41) is 1.88. The third-order valence-electron chi connectivity index (χ3n) is 2.85. The Hall–Kier alpha value is -0.990. The Labute approximate surface area is 94.4 Å². The zero-order valence-electron chi connectivity index (χ0n) is 8.97. The van der Waals surface area contributed by atoms with E-state index in [4.69, 9.17) is 17.3 Å². The lowest BCUT2D eigenvalue weighted by Crippen LogP contribution is -2.08. The maximum atomic E-state index is 6.14. The number of rotatable bonds is 2. The summed E-state index contributed by atoms with van der Waals surface area (Å²) < 4.78 is 0. The fourth-order valence-electron chi connectivity index (χ4n) is 1.74. The molecule has 0 saturated carbocycles. The van der Waals surface area contributed by atoms with Crippen molar-refractivity contribution in [3.63, 3.8) is 0 Å². The van der Waals surface area contributed by atoms with Crippen molar-refractivity contribution in [3.05, 3.63) is 34.5 Å². The van der Waals surface area contributed by atoms with E-state index in [0.29, 0.717) is 12.5 Å². The van der Waals surface area contributed by atoms with Gasteiger partial charge in [-0.3, -0.25) is 0 Å². The molecule has 80 valence electrons. The average molecular weight is 223 g/mol. The molecule has 0 saturated heterocycles. The molecule has 0 spiro atoms. The van der Waals surface area contributed by atoms with Crippen LogP contribution in [0.25, 0.3) is 10.9 Å². The third-order valence-corrected chi connectivity index (χ3v) is 3.18. The summed E-state index contributed by atoms with van der Waals surface area (Å²) in [6.45, 7) is 4.82. The Balaban J connectivity index is 2.64. The summed E-state index contributed by atoms with van der Waals surface area (Å²) in [6.07, 6.45) is 0. The molecule has 0 fully saturated rings. The molecule has 3 heteroatoms. The summed E-state index contributed by atoms with van der Waals surface area (Å²) in [4.78, 5) is 3.39.